The number of halogens is 1. The number of rotatable bonds is 5. The number of benzene rings is 1. The zero-order chi connectivity index (χ0) is 20.5. The summed E-state index contributed by atoms with van der Waals surface area (Å²) in [6, 6.07) is 7.00. The van der Waals surface area contributed by atoms with Crippen LogP contribution >= 0.6 is 15.9 Å². The molecule has 0 fully saturated rings. The Labute approximate surface area is 173 Å². The van der Waals surface area contributed by atoms with Crippen molar-refractivity contribution in [3.05, 3.63) is 34.9 Å². The van der Waals surface area contributed by atoms with E-state index in [2.05, 4.69) is 41.5 Å². The molecule has 1 aromatic carbocycles. The zero-order valence-electron chi connectivity index (χ0n) is 15.5. The minimum Gasteiger partial charge on any atom is -0.437 e. The molecule has 3 aromatic heterocycles. The van der Waals surface area contributed by atoms with Crippen LogP contribution in [0.25, 0.3) is 22.6 Å². The Morgan fingerprint density at radius 1 is 1.38 bits per heavy atom. The van der Waals surface area contributed by atoms with E-state index >= 15 is 0 Å². The molecule has 10 nitrogen and oxygen atoms in total. The van der Waals surface area contributed by atoms with E-state index in [-0.39, 0.29) is 11.7 Å². The predicted molar refractivity (Wildman–Crippen MR) is 109 cm³/mol. The molecule has 3 N–H and O–H groups in total. The number of anilines is 2. The van der Waals surface area contributed by atoms with Gasteiger partial charge in [0, 0.05) is 31.4 Å². The summed E-state index contributed by atoms with van der Waals surface area (Å²) in [5.74, 6) is 1.27. The van der Waals surface area contributed by atoms with Crippen LogP contribution in [0.3, 0.4) is 0 Å². The number of ether oxygens (including phenoxy) is 1. The van der Waals surface area contributed by atoms with Gasteiger partial charge >= 0.3 is 0 Å². The molecule has 0 atom stereocenters. The number of hydrogen-bond donors (Lipinski definition) is 2. The van der Waals surface area contributed by atoms with E-state index in [1.165, 1.54) is 6.92 Å². The second-order valence-electron chi connectivity index (χ2n) is 6.10. The van der Waals surface area contributed by atoms with Crippen LogP contribution in [0.1, 0.15) is 13.8 Å². The van der Waals surface area contributed by atoms with Crippen LogP contribution in [-0.2, 0) is 11.3 Å². The topological polar surface area (TPSA) is 134 Å². The van der Waals surface area contributed by atoms with Gasteiger partial charge in [-0.1, -0.05) is 6.07 Å². The summed E-state index contributed by atoms with van der Waals surface area (Å²) in [4.78, 5) is 20.3. The van der Waals surface area contributed by atoms with Gasteiger partial charge in [-0.15, -0.1) is 0 Å². The van der Waals surface area contributed by atoms with Gasteiger partial charge in [0.15, 0.2) is 22.9 Å². The van der Waals surface area contributed by atoms with Crippen LogP contribution < -0.4 is 15.8 Å². The fraction of sp³-hybridized carbons (Fsp3) is 0.167. The number of nitrogen functional groups attached to an aromatic ring is 1. The van der Waals surface area contributed by atoms with E-state index in [0.717, 1.165) is 9.99 Å². The summed E-state index contributed by atoms with van der Waals surface area (Å²) in [6.07, 6.45) is 1.64. The van der Waals surface area contributed by atoms with Gasteiger partial charge < -0.3 is 20.4 Å². The lowest BCUT2D eigenvalue weighted by atomic mass is 10.3. The summed E-state index contributed by atoms with van der Waals surface area (Å²) in [7, 11) is 0. The van der Waals surface area contributed by atoms with Crippen LogP contribution in [0, 0.1) is 0 Å². The lowest BCUT2D eigenvalue weighted by molar-refractivity contribution is -0.114. The van der Waals surface area contributed by atoms with Crippen molar-refractivity contribution >= 4 is 44.4 Å². The van der Waals surface area contributed by atoms with Crippen molar-refractivity contribution < 1.29 is 14.2 Å². The van der Waals surface area contributed by atoms with Crippen LogP contribution in [0.5, 0.6) is 11.6 Å². The van der Waals surface area contributed by atoms with Crippen molar-refractivity contribution in [2.75, 3.05) is 11.1 Å². The van der Waals surface area contributed by atoms with Crippen molar-refractivity contribution in [1.29, 1.82) is 0 Å². The minimum atomic E-state index is -0.170. The molecule has 0 radical (unpaired) electrons. The first-order valence-corrected chi connectivity index (χ1v) is 9.45. The van der Waals surface area contributed by atoms with Crippen LogP contribution in [0.4, 0.5) is 11.5 Å². The Balaban J connectivity index is 1.82. The molecule has 3 heterocycles. The number of aromatic nitrogens is 5. The van der Waals surface area contributed by atoms with E-state index < -0.39 is 0 Å². The summed E-state index contributed by atoms with van der Waals surface area (Å²) < 4.78 is 13.4. The van der Waals surface area contributed by atoms with Crippen molar-refractivity contribution in [3.8, 4) is 23.1 Å². The maximum absolute atomic E-state index is 11.3. The van der Waals surface area contributed by atoms with Gasteiger partial charge in [-0.2, -0.15) is 0 Å². The molecule has 29 heavy (non-hydrogen) atoms. The third kappa shape index (κ3) is 3.51. The molecular weight excluding hydrogens is 442 g/mol. The Kier molecular flexibility index (Phi) is 4.89. The number of fused-ring (bicyclic) bond motifs is 1. The fourth-order valence-corrected chi connectivity index (χ4v) is 3.45. The highest BCUT2D eigenvalue weighted by Gasteiger charge is 2.23. The molecule has 148 valence electrons. The number of aryl methyl sites for hydroxylation is 1. The normalized spacial score (nSPS) is 11.0. The van der Waals surface area contributed by atoms with E-state index in [0.29, 0.717) is 40.9 Å². The molecule has 4 aromatic rings. The molecule has 0 unspecified atom stereocenters. The fourth-order valence-electron chi connectivity index (χ4n) is 2.95. The summed E-state index contributed by atoms with van der Waals surface area (Å²) in [5, 5.41) is 10.2. The second kappa shape index (κ2) is 7.51. The number of carbonyl (C=O) groups is 1. The number of imidazole rings is 1. The highest BCUT2D eigenvalue weighted by molar-refractivity contribution is 9.10. The molecule has 4 rings (SSSR count). The molecule has 0 saturated heterocycles. The van der Waals surface area contributed by atoms with E-state index in [4.69, 9.17) is 15.1 Å². The Bertz CT molecular complexity index is 1220. The van der Waals surface area contributed by atoms with Gasteiger partial charge in [0.1, 0.15) is 5.75 Å². The molecule has 0 spiro atoms. The second-order valence-corrected chi connectivity index (χ2v) is 6.95. The molecule has 0 aliphatic carbocycles. The minimum absolute atomic E-state index is 0.143. The molecular formula is C18H16BrN7O3. The van der Waals surface area contributed by atoms with Crippen molar-refractivity contribution in [2.24, 2.45) is 0 Å². The number of hydrogen-bond acceptors (Lipinski definition) is 8. The zero-order valence-corrected chi connectivity index (χ0v) is 17.1. The molecule has 0 aliphatic rings. The number of amides is 1. The smallest absolute Gasteiger partial charge is 0.247 e. The standard InChI is InChI=1S/C18H16BrN7O3/c1-3-26-15-12(19)8-21-18(13(15)23-17(26)14-16(20)25-29-24-14)28-11-6-4-5-10(7-11)22-9(2)27/h4-8H,3H2,1-2H3,(H2,20,25)(H,22,27). The van der Waals surface area contributed by atoms with Crippen LogP contribution in [0.15, 0.2) is 39.6 Å². The van der Waals surface area contributed by atoms with Gasteiger partial charge in [0.2, 0.25) is 11.8 Å². The quantitative estimate of drug-likeness (QED) is 0.464. The summed E-state index contributed by atoms with van der Waals surface area (Å²) in [6.45, 7) is 4.01. The van der Waals surface area contributed by atoms with Gasteiger partial charge in [0.25, 0.3) is 0 Å². The Hall–Kier alpha value is -3.47. The molecule has 0 saturated carbocycles. The van der Waals surface area contributed by atoms with E-state index in [1.807, 2.05) is 11.5 Å². The van der Waals surface area contributed by atoms with Crippen molar-refractivity contribution in [2.45, 2.75) is 20.4 Å². The monoisotopic (exact) mass is 457 g/mol. The Morgan fingerprint density at radius 3 is 2.90 bits per heavy atom. The first-order chi connectivity index (χ1) is 14.0. The molecule has 1 amide bonds. The Morgan fingerprint density at radius 2 is 2.21 bits per heavy atom. The SMILES string of the molecule is CCn1c(-c2nonc2N)nc2c(Oc3cccc(NC(C)=O)c3)ncc(Br)c21. The van der Waals surface area contributed by atoms with Gasteiger partial charge in [-0.25, -0.2) is 14.6 Å². The van der Waals surface area contributed by atoms with Crippen LogP contribution in [-0.4, -0.2) is 30.8 Å². The third-order valence-electron chi connectivity index (χ3n) is 4.10. The molecule has 0 aliphatic heterocycles. The maximum atomic E-state index is 11.3. The average molecular weight is 458 g/mol. The van der Waals surface area contributed by atoms with Gasteiger partial charge in [-0.3, -0.25) is 4.79 Å². The van der Waals surface area contributed by atoms with Crippen molar-refractivity contribution in [3.63, 3.8) is 0 Å². The van der Waals surface area contributed by atoms with Crippen LogP contribution in [0.2, 0.25) is 0 Å². The van der Waals surface area contributed by atoms with E-state index in [1.54, 1.807) is 30.5 Å². The maximum Gasteiger partial charge on any atom is 0.247 e. The van der Waals surface area contributed by atoms with Crippen molar-refractivity contribution in [1.82, 2.24) is 24.8 Å². The van der Waals surface area contributed by atoms with Gasteiger partial charge in [0.05, 0.1) is 9.99 Å². The largest absolute Gasteiger partial charge is 0.437 e. The highest BCUT2D eigenvalue weighted by Crippen LogP contribution is 2.36. The lowest BCUT2D eigenvalue weighted by Gasteiger charge is -2.09. The predicted octanol–water partition coefficient (Wildman–Crippen LogP) is 3.60. The number of nitrogens with two attached hydrogens (primary N) is 1. The first kappa shape index (κ1) is 18.9. The number of nitrogens with one attached hydrogen (secondary N) is 1. The number of nitrogens with zero attached hydrogens (tertiary/aromatic N) is 5. The van der Waals surface area contributed by atoms with E-state index in [9.17, 15) is 4.79 Å². The first-order valence-electron chi connectivity index (χ1n) is 8.66. The molecule has 11 heteroatoms. The van der Waals surface area contributed by atoms with Gasteiger partial charge in [-0.05, 0) is 45.3 Å². The number of carbonyl (C=O) groups excluding carboxylic acids is 1. The summed E-state index contributed by atoms with van der Waals surface area (Å²) >= 11 is 3.52. The highest BCUT2D eigenvalue weighted by atomic mass is 79.9. The summed E-state index contributed by atoms with van der Waals surface area (Å²) in [5.41, 5.74) is 8.11. The average Bonchev–Trinajstić information content (AvgIpc) is 3.27. The molecule has 0 bridgehead atoms. The third-order valence-corrected chi connectivity index (χ3v) is 4.68. The number of pyridine rings is 1. The lowest BCUT2D eigenvalue weighted by Crippen LogP contribution is -2.05.